The number of benzene rings is 2. The van der Waals surface area contributed by atoms with Gasteiger partial charge in [-0.1, -0.05) is 15.9 Å². The van der Waals surface area contributed by atoms with E-state index in [4.69, 9.17) is 6.48 Å². The normalized spacial score (nSPS) is 9.57. The summed E-state index contributed by atoms with van der Waals surface area (Å²) in [6, 6.07) is 9.71. The maximum absolute atomic E-state index is 11.1. The molecule has 6 nitrogen and oxygen atoms in total. The summed E-state index contributed by atoms with van der Waals surface area (Å²) in [5.41, 5.74) is 2.67. The lowest BCUT2D eigenvalue weighted by atomic mass is 10.1. The minimum Gasteiger partial charge on any atom is -0.478 e. The summed E-state index contributed by atoms with van der Waals surface area (Å²) in [6.07, 6.45) is 0. The van der Waals surface area contributed by atoms with Gasteiger partial charge in [-0.3, -0.25) is 4.39 Å². The third-order valence-electron chi connectivity index (χ3n) is 3.47. The van der Waals surface area contributed by atoms with Gasteiger partial charge in [0.15, 0.2) is 0 Å². The number of carbonyl (C=O) groups is 3. The number of carboxylic acids is 1. The summed E-state index contributed by atoms with van der Waals surface area (Å²) >= 11 is 3.32. The van der Waals surface area contributed by atoms with E-state index in [9.17, 15) is 18.8 Å². The van der Waals surface area contributed by atoms with Crippen LogP contribution in [0.5, 0.6) is 0 Å². The van der Waals surface area contributed by atoms with Gasteiger partial charge in [-0.2, -0.15) is 0 Å². The number of carbonyl (C=O) groups excluding carboxylic acids is 2. The predicted molar refractivity (Wildman–Crippen MR) is 107 cm³/mol. The molecule has 0 aliphatic carbocycles. The molecule has 1 N–H and O–H groups in total. The number of aryl methyl sites for hydroxylation is 2. The van der Waals surface area contributed by atoms with Gasteiger partial charge in [0.1, 0.15) is 0 Å². The largest absolute Gasteiger partial charge is 0.478 e. The molecule has 8 heteroatoms. The van der Waals surface area contributed by atoms with E-state index >= 15 is 0 Å². The van der Waals surface area contributed by atoms with Crippen LogP contribution in [0.1, 0.15) is 43.6 Å². The molecule has 28 heavy (non-hydrogen) atoms. The molecule has 0 atom stereocenters. The molecule has 0 radical (unpaired) electrons. The molecule has 2 rings (SSSR count). The van der Waals surface area contributed by atoms with E-state index in [-0.39, 0.29) is 11.5 Å². The molecule has 0 unspecified atom stereocenters. The molecular formula is C20H22BrFO6. The zero-order chi connectivity index (χ0) is 22.6. The van der Waals surface area contributed by atoms with Crippen molar-refractivity contribution in [2.24, 2.45) is 0 Å². The Morgan fingerprint density at radius 1 is 0.964 bits per heavy atom. The predicted octanol–water partition coefficient (Wildman–Crippen LogP) is 4.61. The number of alkyl halides is 1. The molecular weight excluding hydrogens is 435 g/mol. The molecule has 0 spiro atoms. The summed E-state index contributed by atoms with van der Waals surface area (Å²) in [4.78, 5) is 32.8. The number of halogens is 2. The highest BCUT2D eigenvalue weighted by atomic mass is 79.9. The highest BCUT2D eigenvalue weighted by Crippen LogP contribution is 2.16. The number of esters is 2. The van der Waals surface area contributed by atoms with E-state index in [0.717, 1.165) is 10.0 Å². The van der Waals surface area contributed by atoms with E-state index < -0.39 is 19.1 Å². The standard InChI is InChI=1S/C10H10O4.C9H9BrO2.CH3F/c1-6-5-7(9(11)12)3-4-8(6)10(13)14-2;1-6-5-7(10)3-4-8(6)9(11)12-2;1-2/h3-5H,1-2H3,(H,11,12);3-5H,1-2H3;1H3/i;;1D. The summed E-state index contributed by atoms with van der Waals surface area (Å²) in [5, 5.41) is 8.68. The number of hydrogen-bond acceptors (Lipinski definition) is 5. The van der Waals surface area contributed by atoms with E-state index in [2.05, 4.69) is 25.4 Å². The Bertz CT molecular complexity index is 857. The van der Waals surface area contributed by atoms with Crippen molar-refractivity contribution >= 4 is 33.8 Å². The van der Waals surface area contributed by atoms with Crippen LogP contribution in [-0.2, 0) is 9.47 Å². The lowest BCUT2D eigenvalue weighted by molar-refractivity contribution is 0.0590. The van der Waals surface area contributed by atoms with Crippen LogP contribution in [0.2, 0.25) is 0 Å². The van der Waals surface area contributed by atoms with Crippen molar-refractivity contribution in [3.05, 3.63) is 68.7 Å². The molecule has 0 aliphatic heterocycles. The van der Waals surface area contributed by atoms with Crippen molar-refractivity contribution in [2.45, 2.75) is 13.8 Å². The van der Waals surface area contributed by atoms with Crippen molar-refractivity contribution in [1.29, 1.82) is 0 Å². The molecule has 0 aliphatic rings. The van der Waals surface area contributed by atoms with E-state index in [0.29, 0.717) is 16.7 Å². The lowest BCUT2D eigenvalue weighted by Gasteiger charge is -2.03. The topological polar surface area (TPSA) is 89.9 Å². The fourth-order valence-corrected chi connectivity index (χ4v) is 2.58. The first kappa shape index (κ1) is 23.3. The van der Waals surface area contributed by atoms with Crippen LogP contribution in [-0.4, -0.2) is 44.4 Å². The van der Waals surface area contributed by atoms with Crippen LogP contribution >= 0.6 is 15.9 Å². The molecule has 2 aromatic rings. The van der Waals surface area contributed by atoms with Gasteiger partial charge in [0.05, 0.1) is 39.4 Å². The van der Waals surface area contributed by atoms with E-state index in [1.54, 1.807) is 13.0 Å². The Labute approximate surface area is 172 Å². The lowest BCUT2D eigenvalue weighted by Crippen LogP contribution is -2.05. The van der Waals surface area contributed by atoms with Crippen LogP contribution < -0.4 is 0 Å². The third kappa shape index (κ3) is 7.48. The molecule has 0 amide bonds. The number of ether oxygens (including phenoxy) is 2. The van der Waals surface area contributed by atoms with Crippen molar-refractivity contribution in [3.63, 3.8) is 0 Å². The summed E-state index contributed by atoms with van der Waals surface area (Å²) in [6.45, 7) is 3.54. The first-order chi connectivity index (χ1) is 13.6. The third-order valence-corrected chi connectivity index (χ3v) is 3.97. The number of hydrogen-bond donors (Lipinski definition) is 1. The molecule has 152 valence electrons. The fraction of sp³-hybridized carbons (Fsp3) is 0.250. The quantitative estimate of drug-likeness (QED) is 0.676. The molecule has 2 aromatic carbocycles. The zero-order valence-electron chi connectivity index (χ0n) is 16.9. The van der Waals surface area contributed by atoms with Crippen LogP contribution in [0.4, 0.5) is 4.39 Å². The van der Waals surface area contributed by atoms with Crippen LogP contribution in [0.25, 0.3) is 0 Å². The second-order valence-corrected chi connectivity index (χ2v) is 6.19. The van der Waals surface area contributed by atoms with Crippen LogP contribution in [0.15, 0.2) is 40.9 Å². The van der Waals surface area contributed by atoms with Crippen molar-refractivity contribution in [3.8, 4) is 0 Å². The number of aromatic carboxylic acids is 1. The first-order valence-electron chi connectivity index (χ1n) is 8.45. The zero-order valence-corrected chi connectivity index (χ0v) is 17.5. The van der Waals surface area contributed by atoms with E-state index in [1.165, 1.54) is 32.4 Å². The number of methoxy groups -OCH3 is 2. The Kier molecular flexibility index (Phi) is 10.5. The van der Waals surface area contributed by atoms with Gasteiger partial charge in [-0.15, -0.1) is 0 Å². The van der Waals surface area contributed by atoms with Crippen LogP contribution in [0, 0.1) is 13.8 Å². The van der Waals surface area contributed by atoms with Gasteiger partial charge >= 0.3 is 17.9 Å². The minimum absolute atomic E-state index is 0.162. The maximum atomic E-state index is 11.1. The minimum atomic E-state index is -1.01. The van der Waals surface area contributed by atoms with Gasteiger partial charge in [0, 0.05) is 4.47 Å². The summed E-state index contributed by atoms with van der Waals surface area (Å²) in [5.74, 6) is -1.76. The Morgan fingerprint density at radius 2 is 1.39 bits per heavy atom. The smallest absolute Gasteiger partial charge is 0.338 e. The summed E-state index contributed by atoms with van der Waals surface area (Å²) < 4.78 is 25.6. The van der Waals surface area contributed by atoms with Gasteiger partial charge in [-0.05, 0) is 61.4 Å². The average Bonchev–Trinajstić information content (AvgIpc) is 2.67. The molecule has 0 fully saturated rings. The monoisotopic (exact) mass is 457 g/mol. The fourth-order valence-electron chi connectivity index (χ4n) is 2.10. The van der Waals surface area contributed by atoms with Gasteiger partial charge < -0.3 is 14.6 Å². The maximum Gasteiger partial charge on any atom is 0.338 e. The van der Waals surface area contributed by atoms with Gasteiger partial charge in [0.25, 0.3) is 0 Å². The molecule has 0 saturated heterocycles. The molecule has 0 aromatic heterocycles. The number of rotatable bonds is 3. The number of carboxylic acid groups (broad SMARTS) is 1. The van der Waals surface area contributed by atoms with Crippen molar-refractivity contribution < 1.29 is 34.7 Å². The molecule has 0 saturated carbocycles. The Balaban J connectivity index is 0.000000481. The Morgan fingerprint density at radius 3 is 1.75 bits per heavy atom. The average molecular weight is 458 g/mol. The SMILES string of the molecule is COC(=O)c1ccc(Br)cc1C.COC(=O)c1ccc(C(=O)O)cc1C.[2H]CF. The molecule has 0 heterocycles. The molecule has 0 bridgehead atoms. The van der Waals surface area contributed by atoms with Gasteiger partial charge in [-0.25, -0.2) is 14.4 Å². The second kappa shape index (κ2) is 12.6. The Hall–Kier alpha value is -2.74. The van der Waals surface area contributed by atoms with Crippen LogP contribution in [0.3, 0.4) is 0 Å². The van der Waals surface area contributed by atoms with E-state index in [1.807, 2.05) is 19.1 Å². The van der Waals surface area contributed by atoms with Crippen molar-refractivity contribution in [2.75, 3.05) is 21.4 Å². The van der Waals surface area contributed by atoms with Gasteiger partial charge in [0.2, 0.25) is 0 Å². The first-order valence-corrected chi connectivity index (χ1v) is 8.54. The highest BCUT2D eigenvalue weighted by Gasteiger charge is 2.11. The second-order valence-electron chi connectivity index (χ2n) is 5.28. The van der Waals surface area contributed by atoms with Crippen molar-refractivity contribution in [1.82, 2.24) is 0 Å². The summed E-state index contributed by atoms with van der Waals surface area (Å²) in [7, 11) is 1.66. The highest BCUT2D eigenvalue weighted by molar-refractivity contribution is 9.10.